The first-order valence-electron chi connectivity index (χ1n) is 2.05. The van der Waals surface area contributed by atoms with Crippen molar-refractivity contribution in [1.29, 1.82) is 0 Å². The molecule has 0 bridgehead atoms. The van der Waals surface area contributed by atoms with Gasteiger partial charge in [0.1, 0.15) is 0 Å². The van der Waals surface area contributed by atoms with E-state index in [0.29, 0.717) is 12.5 Å². The molecule has 0 saturated heterocycles. The van der Waals surface area contributed by atoms with Crippen molar-refractivity contribution in [3.05, 3.63) is 0 Å². The summed E-state index contributed by atoms with van der Waals surface area (Å²) in [5.74, 6) is 0.605. The summed E-state index contributed by atoms with van der Waals surface area (Å²) in [6.07, 6.45) is 0. The van der Waals surface area contributed by atoms with Crippen molar-refractivity contribution >= 4 is 29.0 Å². The molecule has 0 aromatic carbocycles. The summed E-state index contributed by atoms with van der Waals surface area (Å²) in [5.41, 5.74) is 0. The van der Waals surface area contributed by atoms with Gasteiger partial charge in [0.2, 0.25) is 0 Å². The molecule has 0 aromatic rings. The van der Waals surface area contributed by atoms with Gasteiger partial charge < -0.3 is 4.74 Å². The molecule has 0 aromatic heterocycles. The number of alkyl halides is 1. The average Bonchev–Trinajstić information content (AvgIpc) is 1.61. The molecule has 0 fully saturated rings. The molecule has 0 rings (SSSR count). The van der Waals surface area contributed by atoms with E-state index in [0.717, 1.165) is 6.61 Å². The molecule has 0 N–H and O–H groups in total. The smallest absolute Gasteiger partial charge is 0.0601 e. The standard InChI is InChI=1S/C4H9ClO.Al/c1-2-6-4-3-5;/h2-4H2,1H3;. The average molecular weight is 136 g/mol. The van der Waals surface area contributed by atoms with E-state index in [1.54, 1.807) is 0 Å². The summed E-state index contributed by atoms with van der Waals surface area (Å²) in [4.78, 5) is 0. The predicted octanol–water partition coefficient (Wildman–Crippen LogP) is 0.881. The third kappa shape index (κ3) is 10.8. The van der Waals surface area contributed by atoms with Crippen LogP contribution in [0.5, 0.6) is 0 Å². The molecule has 0 aliphatic heterocycles. The molecule has 0 amide bonds. The van der Waals surface area contributed by atoms with E-state index in [4.69, 9.17) is 16.3 Å². The van der Waals surface area contributed by atoms with Crippen LogP contribution < -0.4 is 0 Å². The van der Waals surface area contributed by atoms with Crippen LogP contribution in [0.25, 0.3) is 0 Å². The van der Waals surface area contributed by atoms with Crippen LogP contribution in [0.3, 0.4) is 0 Å². The number of halogens is 1. The summed E-state index contributed by atoms with van der Waals surface area (Å²) in [6, 6.07) is 0. The molecule has 0 aliphatic rings. The van der Waals surface area contributed by atoms with Gasteiger partial charge in [0.15, 0.2) is 0 Å². The topological polar surface area (TPSA) is 9.23 Å². The highest BCUT2D eigenvalue weighted by Crippen LogP contribution is 1.75. The van der Waals surface area contributed by atoms with E-state index < -0.39 is 0 Å². The van der Waals surface area contributed by atoms with Gasteiger partial charge in [0.05, 0.1) is 6.61 Å². The van der Waals surface area contributed by atoms with Gasteiger partial charge in [0, 0.05) is 29.8 Å². The van der Waals surface area contributed by atoms with Gasteiger partial charge in [0.25, 0.3) is 0 Å². The zero-order chi connectivity index (χ0) is 4.83. The molecular formula is C4H9AlClO. The maximum atomic E-state index is 5.26. The summed E-state index contributed by atoms with van der Waals surface area (Å²) < 4.78 is 4.85. The summed E-state index contributed by atoms with van der Waals surface area (Å²) in [6.45, 7) is 3.40. The lowest BCUT2D eigenvalue weighted by molar-refractivity contribution is 0.164. The second-order valence-electron chi connectivity index (χ2n) is 0.886. The highest BCUT2D eigenvalue weighted by atomic mass is 35.5. The van der Waals surface area contributed by atoms with E-state index in [1.165, 1.54) is 0 Å². The van der Waals surface area contributed by atoms with Crippen LogP contribution in [-0.2, 0) is 4.74 Å². The highest BCUT2D eigenvalue weighted by Gasteiger charge is 1.74. The number of hydrogen-bond acceptors (Lipinski definition) is 1. The third-order valence-electron chi connectivity index (χ3n) is 0.426. The molecule has 0 heterocycles. The summed E-state index contributed by atoms with van der Waals surface area (Å²) in [5, 5.41) is 0. The Hall–Kier alpha value is 0.782. The monoisotopic (exact) mass is 135 g/mol. The Morgan fingerprint density at radius 3 is 2.29 bits per heavy atom. The van der Waals surface area contributed by atoms with Gasteiger partial charge in [-0.15, -0.1) is 11.6 Å². The summed E-state index contributed by atoms with van der Waals surface area (Å²) in [7, 11) is 0. The third-order valence-corrected chi connectivity index (χ3v) is 0.580. The fourth-order valence-electron chi connectivity index (χ4n) is 0.199. The lowest BCUT2D eigenvalue weighted by atomic mass is 10.8. The van der Waals surface area contributed by atoms with Crippen molar-refractivity contribution in [2.75, 3.05) is 19.1 Å². The molecule has 0 unspecified atom stereocenters. The van der Waals surface area contributed by atoms with E-state index in [9.17, 15) is 0 Å². The Morgan fingerprint density at radius 1 is 1.57 bits per heavy atom. The van der Waals surface area contributed by atoms with Crippen LogP contribution >= 0.6 is 11.6 Å². The lowest BCUT2D eigenvalue weighted by Gasteiger charge is -1.90. The molecule has 41 valence electrons. The van der Waals surface area contributed by atoms with Crippen LogP contribution in [0.4, 0.5) is 0 Å². The van der Waals surface area contributed by atoms with E-state index in [-0.39, 0.29) is 17.4 Å². The maximum absolute atomic E-state index is 5.26. The van der Waals surface area contributed by atoms with E-state index in [2.05, 4.69) is 0 Å². The Balaban J connectivity index is 0. The van der Waals surface area contributed by atoms with Gasteiger partial charge in [-0.3, -0.25) is 0 Å². The molecule has 1 nitrogen and oxygen atoms in total. The van der Waals surface area contributed by atoms with Gasteiger partial charge in [-0.1, -0.05) is 0 Å². The van der Waals surface area contributed by atoms with Crippen molar-refractivity contribution in [2.45, 2.75) is 6.92 Å². The minimum Gasteiger partial charge on any atom is -0.381 e. The lowest BCUT2D eigenvalue weighted by Crippen LogP contribution is -1.92. The normalized spacial score (nSPS) is 7.71. The van der Waals surface area contributed by atoms with Crippen molar-refractivity contribution in [3.8, 4) is 0 Å². The zero-order valence-electron chi connectivity index (χ0n) is 4.48. The molecule has 0 saturated carbocycles. The SMILES string of the molecule is CCOCCCl.[Al]. The predicted molar refractivity (Wildman–Crippen MR) is 33.0 cm³/mol. The van der Waals surface area contributed by atoms with Crippen molar-refractivity contribution in [1.82, 2.24) is 0 Å². The van der Waals surface area contributed by atoms with Crippen LogP contribution in [0, 0.1) is 0 Å². The first kappa shape index (κ1) is 10.7. The number of hydrogen-bond donors (Lipinski definition) is 0. The zero-order valence-corrected chi connectivity index (χ0v) is 6.40. The summed E-state index contributed by atoms with van der Waals surface area (Å²) >= 11 is 5.26. The van der Waals surface area contributed by atoms with Gasteiger partial charge in [-0.05, 0) is 6.92 Å². The largest absolute Gasteiger partial charge is 0.381 e. The second kappa shape index (κ2) is 9.92. The molecule has 0 atom stereocenters. The first-order chi connectivity index (χ1) is 2.91. The quantitative estimate of drug-likeness (QED) is 0.317. The van der Waals surface area contributed by atoms with E-state index in [1.807, 2.05) is 6.92 Å². The molecule has 0 aliphatic carbocycles. The number of rotatable bonds is 3. The van der Waals surface area contributed by atoms with Crippen molar-refractivity contribution < 1.29 is 4.74 Å². The van der Waals surface area contributed by atoms with Gasteiger partial charge >= 0.3 is 0 Å². The first-order valence-corrected chi connectivity index (χ1v) is 2.59. The molecular weight excluding hydrogens is 126 g/mol. The molecule has 7 heavy (non-hydrogen) atoms. The van der Waals surface area contributed by atoms with Gasteiger partial charge in [-0.2, -0.15) is 0 Å². The van der Waals surface area contributed by atoms with Crippen molar-refractivity contribution in [2.24, 2.45) is 0 Å². The Labute approximate surface area is 60.1 Å². The maximum Gasteiger partial charge on any atom is 0.0601 e. The minimum absolute atomic E-state index is 0. The number of ether oxygens (including phenoxy) is 1. The molecule has 0 spiro atoms. The fraction of sp³-hybridized carbons (Fsp3) is 1.00. The second-order valence-corrected chi connectivity index (χ2v) is 1.26. The fourth-order valence-corrected chi connectivity index (χ4v) is 0.308. The molecule has 3 heteroatoms. The highest BCUT2D eigenvalue weighted by molar-refractivity contribution is 6.17. The Morgan fingerprint density at radius 2 is 2.14 bits per heavy atom. The minimum atomic E-state index is 0. The van der Waals surface area contributed by atoms with Crippen molar-refractivity contribution in [3.63, 3.8) is 0 Å². The Kier molecular flexibility index (Phi) is 15.2. The van der Waals surface area contributed by atoms with Crippen LogP contribution in [0.15, 0.2) is 0 Å². The van der Waals surface area contributed by atoms with Crippen LogP contribution in [-0.4, -0.2) is 36.5 Å². The Bertz CT molecular complexity index is 23.7. The van der Waals surface area contributed by atoms with E-state index >= 15 is 0 Å². The van der Waals surface area contributed by atoms with Crippen LogP contribution in [0.2, 0.25) is 0 Å². The van der Waals surface area contributed by atoms with Gasteiger partial charge in [-0.25, -0.2) is 0 Å². The molecule has 3 radical (unpaired) electrons. The van der Waals surface area contributed by atoms with Crippen LogP contribution in [0.1, 0.15) is 6.92 Å².